The fourth-order valence-corrected chi connectivity index (χ4v) is 6.03. The first-order valence-corrected chi connectivity index (χ1v) is 12.5. The highest BCUT2D eigenvalue weighted by atomic mass is 35.5. The molecule has 1 amide bonds. The SMILES string of the molecule is Cc1sc(-c2nnc(C(=O)N3CCCC3)o2)cc1S(=O)(=O)NCCc1ccc(Cl)cc1. The maximum atomic E-state index is 12.8. The number of thiophene rings is 1. The first-order chi connectivity index (χ1) is 14.8. The molecular weight excluding hydrogens is 460 g/mol. The van der Waals surface area contributed by atoms with Gasteiger partial charge in [-0.15, -0.1) is 21.5 Å². The van der Waals surface area contributed by atoms with Gasteiger partial charge in [-0.25, -0.2) is 13.1 Å². The van der Waals surface area contributed by atoms with Crippen LogP contribution in [0.5, 0.6) is 0 Å². The number of rotatable bonds is 7. The molecule has 11 heteroatoms. The molecule has 164 valence electrons. The number of carbonyl (C=O) groups is 1. The molecule has 1 aromatic carbocycles. The molecule has 1 N–H and O–H groups in total. The van der Waals surface area contributed by atoms with Gasteiger partial charge in [0.2, 0.25) is 10.0 Å². The number of hydrogen-bond donors (Lipinski definition) is 1. The van der Waals surface area contributed by atoms with Crippen molar-refractivity contribution in [1.29, 1.82) is 0 Å². The van der Waals surface area contributed by atoms with Gasteiger partial charge in [-0.1, -0.05) is 23.7 Å². The number of likely N-dealkylation sites (tertiary alicyclic amines) is 1. The van der Waals surface area contributed by atoms with Gasteiger partial charge >= 0.3 is 11.8 Å². The van der Waals surface area contributed by atoms with Gasteiger partial charge < -0.3 is 9.32 Å². The zero-order valence-corrected chi connectivity index (χ0v) is 19.2. The molecule has 8 nitrogen and oxygen atoms in total. The topological polar surface area (TPSA) is 105 Å². The third kappa shape index (κ3) is 4.98. The zero-order valence-electron chi connectivity index (χ0n) is 16.8. The minimum absolute atomic E-state index is 0.0755. The lowest BCUT2D eigenvalue weighted by Crippen LogP contribution is -2.27. The van der Waals surface area contributed by atoms with E-state index in [1.807, 2.05) is 12.1 Å². The quantitative estimate of drug-likeness (QED) is 0.554. The van der Waals surface area contributed by atoms with Crippen molar-refractivity contribution in [3.8, 4) is 10.8 Å². The van der Waals surface area contributed by atoms with Gasteiger partial charge in [-0.2, -0.15) is 0 Å². The van der Waals surface area contributed by atoms with Gasteiger partial charge in [0.15, 0.2) is 0 Å². The number of amides is 1. The predicted octanol–water partition coefficient (Wildman–Crippen LogP) is 3.52. The molecule has 2 aromatic heterocycles. The molecule has 3 aromatic rings. The minimum atomic E-state index is -3.71. The molecule has 0 spiro atoms. The van der Waals surface area contributed by atoms with E-state index in [2.05, 4.69) is 14.9 Å². The van der Waals surface area contributed by atoms with E-state index in [4.69, 9.17) is 16.0 Å². The van der Waals surface area contributed by atoms with Gasteiger partial charge in [-0.05, 0) is 49.9 Å². The van der Waals surface area contributed by atoms with Gasteiger partial charge in [0.25, 0.3) is 5.89 Å². The Kier molecular flexibility index (Phi) is 6.42. The van der Waals surface area contributed by atoms with Crippen LogP contribution in [0.4, 0.5) is 0 Å². The van der Waals surface area contributed by atoms with Crippen molar-refractivity contribution in [3.63, 3.8) is 0 Å². The normalized spacial score (nSPS) is 14.3. The summed E-state index contributed by atoms with van der Waals surface area (Å²) in [6.45, 7) is 3.33. The predicted molar refractivity (Wildman–Crippen MR) is 118 cm³/mol. The molecule has 4 rings (SSSR count). The van der Waals surface area contributed by atoms with Crippen LogP contribution in [-0.4, -0.2) is 49.1 Å². The number of hydrogen-bond acceptors (Lipinski definition) is 7. The molecule has 0 radical (unpaired) electrons. The van der Waals surface area contributed by atoms with Gasteiger partial charge in [0.1, 0.15) is 0 Å². The van der Waals surface area contributed by atoms with Crippen molar-refractivity contribution >= 4 is 38.9 Å². The van der Waals surface area contributed by atoms with Crippen LogP contribution in [0.1, 0.15) is 34.0 Å². The molecule has 0 saturated carbocycles. The molecule has 0 bridgehead atoms. The van der Waals surface area contributed by atoms with Crippen molar-refractivity contribution in [3.05, 3.63) is 51.7 Å². The fourth-order valence-electron chi connectivity index (χ4n) is 3.36. The highest BCUT2D eigenvalue weighted by Gasteiger charge is 2.26. The molecule has 1 aliphatic rings. The number of carbonyl (C=O) groups excluding carboxylic acids is 1. The minimum Gasteiger partial charge on any atom is -0.411 e. The highest BCUT2D eigenvalue weighted by molar-refractivity contribution is 7.89. The van der Waals surface area contributed by atoms with Gasteiger partial charge in [0, 0.05) is 29.5 Å². The average Bonchev–Trinajstić information content (AvgIpc) is 3.49. The lowest BCUT2D eigenvalue weighted by molar-refractivity contribution is 0.0754. The Morgan fingerprint density at radius 2 is 1.94 bits per heavy atom. The Bertz CT molecular complexity index is 1180. The van der Waals surface area contributed by atoms with E-state index < -0.39 is 10.0 Å². The largest absolute Gasteiger partial charge is 0.411 e. The monoisotopic (exact) mass is 480 g/mol. The lowest BCUT2D eigenvalue weighted by Gasteiger charge is -2.11. The summed E-state index contributed by atoms with van der Waals surface area (Å²) in [5, 5.41) is 8.43. The molecule has 0 unspecified atom stereocenters. The summed E-state index contributed by atoms with van der Waals surface area (Å²) in [5.41, 5.74) is 0.982. The zero-order chi connectivity index (χ0) is 22.0. The van der Waals surface area contributed by atoms with Crippen molar-refractivity contribution in [2.24, 2.45) is 0 Å². The number of sulfonamides is 1. The van der Waals surface area contributed by atoms with Crippen LogP contribution in [0.3, 0.4) is 0 Å². The number of aromatic nitrogens is 2. The molecule has 1 saturated heterocycles. The Balaban J connectivity index is 1.45. The Morgan fingerprint density at radius 1 is 1.23 bits per heavy atom. The third-order valence-corrected chi connectivity index (χ3v) is 8.00. The second-order valence-electron chi connectivity index (χ2n) is 7.22. The summed E-state index contributed by atoms with van der Waals surface area (Å²) < 4.78 is 33.7. The Hall–Kier alpha value is -2.27. The van der Waals surface area contributed by atoms with Crippen molar-refractivity contribution in [2.45, 2.75) is 31.1 Å². The summed E-state index contributed by atoms with van der Waals surface area (Å²) in [6.07, 6.45) is 2.46. The van der Waals surface area contributed by atoms with Crippen molar-refractivity contribution in [1.82, 2.24) is 19.8 Å². The third-order valence-electron chi connectivity index (χ3n) is 4.99. The molecule has 0 aliphatic carbocycles. The van der Waals surface area contributed by atoms with Crippen molar-refractivity contribution in [2.75, 3.05) is 19.6 Å². The standard InChI is InChI=1S/C20H21ClN4O4S2/c1-13-17(31(27,28)22-9-8-14-4-6-15(21)7-5-14)12-16(30-13)18-23-24-19(29-18)20(26)25-10-2-3-11-25/h4-7,12,22H,2-3,8-11H2,1H3. The van der Waals surface area contributed by atoms with Crippen LogP contribution in [0.2, 0.25) is 5.02 Å². The highest BCUT2D eigenvalue weighted by Crippen LogP contribution is 2.33. The lowest BCUT2D eigenvalue weighted by atomic mass is 10.2. The van der Waals surface area contributed by atoms with Crippen LogP contribution in [-0.2, 0) is 16.4 Å². The van der Waals surface area contributed by atoms with Crippen LogP contribution in [0.15, 0.2) is 39.6 Å². The van der Waals surface area contributed by atoms with Crippen LogP contribution in [0.25, 0.3) is 10.8 Å². The van der Waals surface area contributed by atoms with Gasteiger partial charge in [-0.3, -0.25) is 4.79 Å². The number of benzene rings is 1. The summed E-state index contributed by atoms with van der Waals surface area (Å²) >= 11 is 7.10. The van der Waals surface area contributed by atoms with Crippen LogP contribution >= 0.6 is 22.9 Å². The van der Waals surface area contributed by atoms with E-state index >= 15 is 0 Å². The number of aryl methyl sites for hydroxylation is 1. The second-order valence-corrected chi connectivity index (χ2v) is 10.6. The maximum Gasteiger partial charge on any atom is 0.311 e. The Labute approximate surface area is 189 Å². The summed E-state index contributed by atoms with van der Waals surface area (Å²) in [4.78, 5) is 15.3. The number of nitrogens with zero attached hydrogens (tertiary/aromatic N) is 3. The number of nitrogens with one attached hydrogen (secondary N) is 1. The molecular formula is C20H21ClN4O4S2. The molecule has 31 heavy (non-hydrogen) atoms. The van der Waals surface area contributed by atoms with Gasteiger partial charge in [0.05, 0.1) is 9.77 Å². The smallest absolute Gasteiger partial charge is 0.311 e. The summed E-state index contributed by atoms with van der Waals surface area (Å²) in [6, 6.07) is 8.77. The van der Waals surface area contributed by atoms with E-state index in [-0.39, 0.29) is 29.1 Å². The van der Waals surface area contributed by atoms with E-state index in [0.717, 1.165) is 18.4 Å². The number of halogens is 1. The Morgan fingerprint density at radius 3 is 2.65 bits per heavy atom. The second kappa shape index (κ2) is 9.07. The fraction of sp³-hybridized carbons (Fsp3) is 0.350. The first-order valence-electron chi connectivity index (χ1n) is 9.81. The maximum absolute atomic E-state index is 12.8. The molecule has 1 aliphatic heterocycles. The molecule has 3 heterocycles. The van der Waals surface area contributed by atoms with Crippen LogP contribution in [0, 0.1) is 6.92 Å². The van der Waals surface area contributed by atoms with Crippen LogP contribution < -0.4 is 4.72 Å². The average molecular weight is 481 g/mol. The van der Waals surface area contributed by atoms with E-state index in [1.165, 1.54) is 17.4 Å². The summed E-state index contributed by atoms with van der Waals surface area (Å²) in [5.74, 6) is -0.229. The van der Waals surface area contributed by atoms with E-state index in [9.17, 15) is 13.2 Å². The van der Waals surface area contributed by atoms with Crippen molar-refractivity contribution < 1.29 is 17.6 Å². The summed E-state index contributed by atoms with van der Waals surface area (Å²) in [7, 11) is -3.71. The molecule has 0 atom stereocenters. The van der Waals surface area contributed by atoms with E-state index in [1.54, 1.807) is 24.0 Å². The first kappa shape index (κ1) is 21.9. The molecule has 1 fully saturated rings. The van der Waals surface area contributed by atoms with E-state index in [0.29, 0.717) is 34.3 Å².